The fourth-order valence-corrected chi connectivity index (χ4v) is 3.92. The van der Waals surface area contributed by atoms with Gasteiger partial charge in [0.1, 0.15) is 0 Å². The largest absolute Gasteiger partial charge is 0.493 e. The second kappa shape index (κ2) is 9.58. The Bertz CT molecular complexity index is 746. The summed E-state index contributed by atoms with van der Waals surface area (Å²) in [6.45, 7) is 9.61. The molecule has 0 saturated carbocycles. The van der Waals surface area contributed by atoms with Crippen LogP contribution in [0.15, 0.2) is 12.1 Å². The van der Waals surface area contributed by atoms with E-state index in [0.717, 1.165) is 5.56 Å². The molecule has 0 aromatic heterocycles. The Hall–Kier alpha value is -2.44. The number of rotatable bonds is 7. The van der Waals surface area contributed by atoms with Gasteiger partial charge in [0.15, 0.2) is 11.5 Å². The fourth-order valence-electron chi connectivity index (χ4n) is 3.92. The first-order chi connectivity index (χ1) is 14.1. The first kappa shape index (κ1) is 23.8. The van der Waals surface area contributed by atoms with Crippen molar-refractivity contribution in [1.82, 2.24) is 9.80 Å². The van der Waals surface area contributed by atoms with Crippen LogP contribution in [0.5, 0.6) is 17.2 Å². The van der Waals surface area contributed by atoms with Crippen LogP contribution < -0.4 is 14.2 Å². The van der Waals surface area contributed by atoms with E-state index in [2.05, 4.69) is 0 Å². The van der Waals surface area contributed by atoms with Crippen molar-refractivity contribution in [2.75, 3.05) is 48.0 Å². The van der Waals surface area contributed by atoms with Crippen LogP contribution in [-0.4, -0.2) is 69.6 Å². The van der Waals surface area contributed by atoms with E-state index in [4.69, 9.17) is 14.2 Å². The Balaban J connectivity index is 2.45. The molecule has 0 spiro atoms. The van der Waals surface area contributed by atoms with Gasteiger partial charge in [0.25, 0.3) is 0 Å². The van der Waals surface area contributed by atoms with Crippen molar-refractivity contribution in [1.29, 1.82) is 0 Å². The molecule has 7 nitrogen and oxygen atoms in total. The highest BCUT2D eigenvalue weighted by Crippen LogP contribution is 2.43. The summed E-state index contributed by atoms with van der Waals surface area (Å²) in [6.07, 6.45) is 0.444. The molecule has 1 heterocycles. The fraction of sp³-hybridized carbons (Fsp3) is 0.652. The minimum atomic E-state index is -0.318. The number of amides is 2. The van der Waals surface area contributed by atoms with Crippen molar-refractivity contribution in [3.05, 3.63) is 17.7 Å². The third kappa shape index (κ3) is 5.18. The molecular formula is C23H36N2O5. The Morgan fingerprint density at radius 1 is 1.07 bits per heavy atom. The van der Waals surface area contributed by atoms with Crippen molar-refractivity contribution < 1.29 is 23.8 Å². The van der Waals surface area contributed by atoms with Gasteiger partial charge in [-0.1, -0.05) is 20.8 Å². The van der Waals surface area contributed by atoms with Crippen LogP contribution in [0.1, 0.15) is 45.6 Å². The van der Waals surface area contributed by atoms with Crippen LogP contribution in [0.25, 0.3) is 0 Å². The molecule has 1 aliphatic rings. The lowest BCUT2D eigenvalue weighted by Gasteiger charge is -2.24. The highest BCUT2D eigenvalue weighted by Gasteiger charge is 2.42. The predicted molar refractivity (Wildman–Crippen MR) is 116 cm³/mol. The van der Waals surface area contributed by atoms with E-state index >= 15 is 0 Å². The maximum absolute atomic E-state index is 13.1. The van der Waals surface area contributed by atoms with Crippen molar-refractivity contribution in [3.63, 3.8) is 0 Å². The van der Waals surface area contributed by atoms with Crippen molar-refractivity contribution in [2.24, 2.45) is 11.3 Å². The Morgan fingerprint density at radius 3 is 2.07 bits per heavy atom. The standard InChI is InChI=1S/C23H36N2O5/c1-9-24(5)22(27)17-14-25(20(26)12-23(2,3)4)13-16(17)15-10-18(28-6)21(30-8)19(11-15)29-7/h10-11,16-17H,9,12-14H2,1-8H3/t16-,17+/m0/s1. The Labute approximate surface area is 180 Å². The van der Waals surface area contributed by atoms with E-state index in [0.29, 0.717) is 43.3 Å². The molecule has 30 heavy (non-hydrogen) atoms. The van der Waals surface area contributed by atoms with Gasteiger partial charge < -0.3 is 24.0 Å². The molecule has 168 valence electrons. The Kier molecular flexibility index (Phi) is 7.61. The van der Waals surface area contributed by atoms with Crippen molar-refractivity contribution >= 4 is 11.8 Å². The number of likely N-dealkylation sites (tertiary alicyclic amines) is 1. The zero-order valence-corrected chi connectivity index (χ0v) is 19.6. The van der Waals surface area contributed by atoms with Crippen molar-refractivity contribution in [3.8, 4) is 17.2 Å². The third-order valence-electron chi connectivity index (χ3n) is 5.64. The molecule has 2 rings (SSSR count). The molecular weight excluding hydrogens is 384 g/mol. The zero-order chi connectivity index (χ0) is 22.6. The minimum absolute atomic E-state index is 0.0438. The predicted octanol–water partition coefficient (Wildman–Crippen LogP) is 3.17. The number of hydrogen-bond acceptors (Lipinski definition) is 5. The topological polar surface area (TPSA) is 68.3 Å². The summed E-state index contributed by atoms with van der Waals surface area (Å²) in [7, 11) is 6.50. The molecule has 1 aliphatic heterocycles. The molecule has 2 atom stereocenters. The Morgan fingerprint density at radius 2 is 1.63 bits per heavy atom. The van der Waals surface area contributed by atoms with Crippen LogP contribution in [0.4, 0.5) is 0 Å². The summed E-state index contributed by atoms with van der Waals surface area (Å²) in [5.74, 6) is 1.25. The van der Waals surface area contributed by atoms with Gasteiger partial charge in [0, 0.05) is 39.0 Å². The lowest BCUT2D eigenvalue weighted by atomic mass is 9.87. The maximum atomic E-state index is 13.1. The summed E-state index contributed by atoms with van der Waals surface area (Å²) >= 11 is 0. The monoisotopic (exact) mass is 420 g/mol. The van der Waals surface area contributed by atoms with E-state index in [1.54, 1.807) is 33.3 Å². The van der Waals surface area contributed by atoms with Gasteiger partial charge in [-0.15, -0.1) is 0 Å². The van der Waals surface area contributed by atoms with Gasteiger partial charge in [0.05, 0.1) is 27.2 Å². The SMILES string of the molecule is CCN(C)C(=O)[C@@H]1CN(C(=O)CC(C)(C)C)C[C@H]1c1cc(OC)c(OC)c(OC)c1. The number of nitrogens with zero attached hydrogens (tertiary/aromatic N) is 2. The zero-order valence-electron chi connectivity index (χ0n) is 19.6. The first-order valence-electron chi connectivity index (χ1n) is 10.4. The molecule has 0 unspecified atom stereocenters. The van der Waals surface area contributed by atoms with E-state index in [1.165, 1.54) is 0 Å². The molecule has 0 bridgehead atoms. The van der Waals surface area contributed by atoms with E-state index in [9.17, 15) is 9.59 Å². The van der Waals surface area contributed by atoms with Crippen LogP contribution in [0, 0.1) is 11.3 Å². The lowest BCUT2D eigenvalue weighted by molar-refractivity contribution is -0.135. The summed E-state index contributed by atoms with van der Waals surface area (Å²) in [4.78, 5) is 29.6. The molecule has 0 N–H and O–H groups in total. The van der Waals surface area contributed by atoms with Crippen molar-refractivity contribution in [2.45, 2.75) is 40.0 Å². The summed E-state index contributed by atoms with van der Waals surface area (Å²) < 4.78 is 16.4. The summed E-state index contributed by atoms with van der Waals surface area (Å²) in [6, 6.07) is 3.77. The normalized spacial score (nSPS) is 18.9. The minimum Gasteiger partial charge on any atom is -0.493 e. The van der Waals surface area contributed by atoms with Gasteiger partial charge in [0.2, 0.25) is 17.6 Å². The molecule has 2 amide bonds. The van der Waals surface area contributed by atoms with Gasteiger partial charge in [-0.25, -0.2) is 0 Å². The summed E-state index contributed by atoms with van der Waals surface area (Å²) in [5.41, 5.74) is 0.792. The number of ether oxygens (including phenoxy) is 3. The van der Waals surface area contributed by atoms with Gasteiger partial charge in [-0.2, -0.15) is 0 Å². The quantitative estimate of drug-likeness (QED) is 0.678. The van der Waals surface area contributed by atoms with Crippen LogP contribution in [0.2, 0.25) is 0 Å². The third-order valence-corrected chi connectivity index (χ3v) is 5.64. The smallest absolute Gasteiger partial charge is 0.227 e. The number of hydrogen-bond donors (Lipinski definition) is 0. The lowest BCUT2D eigenvalue weighted by Crippen LogP contribution is -2.37. The van der Waals surface area contributed by atoms with Gasteiger partial charge in [-0.3, -0.25) is 9.59 Å². The van der Waals surface area contributed by atoms with Crippen LogP contribution >= 0.6 is 0 Å². The number of carbonyl (C=O) groups is 2. The summed E-state index contributed by atoms with van der Waals surface area (Å²) in [5, 5.41) is 0. The average molecular weight is 421 g/mol. The molecule has 0 aliphatic carbocycles. The first-order valence-corrected chi connectivity index (χ1v) is 10.4. The van der Waals surface area contributed by atoms with E-state index in [1.807, 2.05) is 44.7 Å². The molecule has 0 radical (unpaired) electrons. The molecule has 1 saturated heterocycles. The molecule has 1 fully saturated rings. The second-order valence-electron chi connectivity index (χ2n) is 9.06. The van der Waals surface area contributed by atoms with E-state index in [-0.39, 0.29) is 29.1 Å². The van der Waals surface area contributed by atoms with Gasteiger partial charge >= 0.3 is 0 Å². The molecule has 7 heteroatoms. The highest BCUT2D eigenvalue weighted by atomic mass is 16.5. The number of carbonyl (C=O) groups excluding carboxylic acids is 2. The van der Waals surface area contributed by atoms with Gasteiger partial charge in [-0.05, 0) is 30.0 Å². The average Bonchev–Trinajstić information content (AvgIpc) is 3.15. The maximum Gasteiger partial charge on any atom is 0.227 e. The molecule has 1 aromatic carbocycles. The van der Waals surface area contributed by atoms with Crippen LogP contribution in [0.3, 0.4) is 0 Å². The number of methoxy groups -OCH3 is 3. The number of benzene rings is 1. The molecule has 1 aromatic rings. The highest BCUT2D eigenvalue weighted by molar-refractivity contribution is 5.83. The van der Waals surface area contributed by atoms with Crippen LogP contribution in [-0.2, 0) is 9.59 Å². The van der Waals surface area contributed by atoms with E-state index < -0.39 is 0 Å². The second-order valence-corrected chi connectivity index (χ2v) is 9.06.